The van der Waals surface area contributed by atoms with Crippen LogP contribution in [0, 0.1) is 6.20 Å². The third-order valence-corrected chi connectivity index (χ3v) is 11.7. The number of likely N-dealkylation sites (N-methyl/N-ethyl adjacent to an activating group) is 2. The fourth-order valence-electron chi connectivity index (χ4n) is 7.76. The maximum atomic E-state index is 11.8. The molecule has 5 aliphatic rings. The van der Waals surface area contributed by atoms with Crippen LogP contribution in [0.3, 0.4) is 0 Å². The predicted molar refractivity (Wildman–Crippen MR) is 248 cm³/mol. The molecule has 6 atom stereocenters. The summed E-state index contributed by atoms with van der Waals surface area (Å²) >= 11 is 3.28. The van der Waals surface area contributed by atoms with Gasteiger partial charge in [0.2, 0.25) is 0 Å². The number of nitrogens with zero attached hydrogens (tertiary/aromatic N) is 7. The summed E-state index contributed by atoms with van der Waals surface area (Å²) in [5.74, 6) is 0.0610. The van der Waals surface area contributed by atoms with E-state index in [0.29, 0.717) is 29.9 Å². The number of hydrogen-bond acceptors (Lipinski definition) is 12. The van der Waals surface area contributed by atoms with Crippen molar-refractivity contribution in [2.75, 3.05) is 78.3 Å². The molecule has 15 heteroatoms. The van der Waals surface area contributed by atoms with Crippen molar-refractivity contribution in [3.05, 3.63) is 126 Å². The molecule has 3 aromatic heterocycles. The largest absolute Gasteiger partial charge is 1.00 e. The number of aliphatic hydroxyl groups excluding tert-OH is 2. The van der Waals surface area contributed by atoms with Crippen molar-refractivity contribution in [3.8, 4) is 0 Å². The minimum atomic E-state index is -0.309. The molecule has 0 bridgehead atoms. The van der Waals surface area contributed by atoms with Crippen LogP contribution in [0.25, 0.3) is 0 Å². The van der Waals surface area contributed by atoms with Gasteiger partial charge in [-0.05, 0) is 109 Å². The van der Waals surface area contributed by atoms with Gasteiger partial charge in [0.25, 0.3) is 11.8 Å². The average Bonchev–Trinajstić information content (AvgIpc) is 4.05. The molecule has 63 heavy (non-hydrogen) atoms. The van der Waals surface area contributed by atoms with Crippen molar-refractivity contribution in [3.63, 3.8) is 0 Å². The molecule has 2 amide bonds. The first-order valence-electron chi connectivity index (χ1n) is 22.1. The second kappa shape index (κ2) is 29.9. The molecule has 4 N–H and O–H groups in total. The molecule has 0 spiro atoms. The Hall–Kier alpha value is -3.39. The van der Waals surface area contributed by atoms with Crippen molar-refractivity contribution in [2.24, 2.45) is 5.73 Å². The quantitative estimate of drug-likeness (QED) is 0.0780. The summed E-state index contributed by atoms with van der Waals surface area (Å²) in [5, 5.41) is 20.9. The van der Waals surface area contributed by atoms with E-state index in [1.54, 1.807) is 48.9 Å². The number of aromatic nitrogens is 3. The van der Waals surface area contributed by atoms with Crippen molar-refractivity contribution in [2.45, 2.75) is 82.2 Å². The molecule has 1 aromatic carbocycles. The topological polar surface area (TPSA) is 165 Å². The minimum Gasteiger partial charge on any atom is -0.394 e. The van der Waals surface area contributed by atoms with E-state index >= 15 is 0 Å². The van der Waals surface area contributed by atoms with Crippen LogP contribution in [0.4, 0.5) is 0 Å². The second-order valence-corrected chi connectivity index (χ2v) is 16.5. The number of benzene rings is 1. The Balaban J connectivity index is 0.000000214. The number of epoxide rings is 1. The zero-order valence-corrected chi connectivity index (χ0v) is 39.6. The van der Waals surface area contributed by atoms with Crippen LogP contribution in [0.15, 0.2) is 97.5 Å². The van der Waals surface area contributed by atoms with Crippen LogP contribution in [0.2, 0.25) is 0 Å². The number of carbonyl (C=O) groups is 2. The zero-order valence-electron chi connectivity index (χ0n) is 38.0. The molecule has 338 valence electrons. The Morgan fingerprint density at radius 3 is 1.71 bits per heavy atom. The van der Waals surface area contributed by atoms with Gasteiger partial charge in [0.05, 0.1) is 35.5 Å². The number of aliphatic hydroxyl groups is 2. The third kappa shape index (κ3) is 17.8. The number of likely N-dealkylation sites (tertiary alicyclic amines) is 3. The molecule has 0 aliphatic carbocycles. The first-order chi connectivity index (χ1) is 30.2. The summed E-state index contributed by atoms with van der Waals surface area (Å²) in [7, 11) is 4.19. The molecule has 9 rings (SSSR count). The van der Waals surface area contributed by atoms with E-state index in [9.17, 15) is 19.8 Å². The van der Waals surface area contributed by atoms with Crippen molar-refractivity contribution >= 4 is 27.7 Å². The number of fused-ring (bicyclic) bond motifs is 2. The van der Waals surface area contributed by atoms with E-state index in [2.05, 4.69) is 58.8 Å². The smallest absolute Gasteiger partial charge is 0.394 e. The predicted octanol–water partition coefficient (Wildman–Crippen LogP) is 2.51. The molecular weight excluding hydrogens is 855 g/mol. The van der Waals surface area contributed by atoms with Crippen LogP contribution < -0.4 is 24.6 Å². The summed E-state index contributed by atoms with van der Waals surface area (Å²) < 4.78 is 5.31. The summed E-state index contributed by atoms with van der Waals surface area (Å²) in [6, 6.07) is 24.2. The van der Waals surface area contributed by atoms with Gasteiger partial charge in [0, 0.05) is 73.7 Å². The van der Waals surface area contributed by atoms with Gasteiger partial charge in [0.1, 0.15) is 0 Å². The SMILES string of the molecule is CC.CN1CCC(c2ccccn2)C(O)C1.CN1CCC2OC2C1.NCCCN1CCC(c2ccccn2)C(O)C1.O=C1c2ccccc2C(=O)N1CCCBr.[Li+].[c-]1ccccn1. The van der Waals surface area contributed by atoms with Crippen LogP contribution in [-0.2, 0) is 4.74 Å². The Morgan fingerprint density at radius 2 is 1.27 bits per heavy atom. The maximum absolute atomic E-state index is 11.8. The minimum absolute atomic E-state index is 0. The number of piperidine rings is 3. The van der Waals surface area contributed by atoms with E-state index < -0.39 is 0 Å². The van der Waals surface area contributed by atoms with Gasteiger partial charge in [0.15, 0.2) is 0 Å². The molecule has 6 unspecified atom stereocenters. The van der Waals surface area contributed by atoms with Crippen LogP contribution in [0.5, 0.6) is 0 Å². The standard InChI is InChI=1S/C13H21N3O.C11H10BrNO2.C11H16N2O.C6H11NO.C5H4N.C2H6.Li/c14-6-3-8-16-9-5-11(13(17)10-16)12-4-1-2-7-15-12;12-6-3-7-13-10(14)8-4-1-2-5-9(8)11(13)15;1-13-7-5-9(11(14)8-13)10-4-2-3-6-12-10;1-7-3-2-5-6(4-7)8-5;1-2-4-6-5-3-1;1-2;/h1-2,4,7,11,13,17H,3,5-6,8-10,14H2;1-2,4-5H,3,6-7H2;2-4,6,9,11,14H,5,7-8H2,1H3;5-6H,2-4H2,1H3;1-4H;1-2H3;/q;;;;-1;;+1. The fourth-order valence-corrected chi connectivity index (χ4v) is 8.01. The van der Waals surface area contributed by atoms with Crippen LogP contribution in [-0.4, -0.2) is 159 Å². The zero-order chi connectivity index (χ0) is 44.7. The first kappa shape index (κ1) is 53.9. The van der Waals surface area contributed by atoms with E-state index in [1.807, 2.05) is 69.4 Å². The number of hydrogen-bond donors (Lipinski definition) is 3. The van der Waals surface area contributed by atoms with Crippen molar-refractivity contribution < 1.29 is 43.4 Å². The van der Waals surface area contributed by atoms with E-state index in [-0.39, 0.29) is 54.7 Å². The Morgan fingerprint density at radius 1 is 0.714 bits per heavy atom. The number of pyridine rings is 3. The number of imide groups is 1. The van der Waals surface area contributed by atoms with Gasteiger partial charge < -0.3 is 40.4 Å². The summed E-state index contributed by atoms with van der Waals surface area (Å²) in [5.41, 5.74) is 8.58. The number of ether oxygens (including phenoxy) is 1. The van der Waals surface area contributed by atoms with Gasteiger partial charge in [-0.3, -0.25) is 24.5 Å². The monoisotopic (exact) mass is 922 g/mol. The Kier molecular flexibility index (Phi) is 25.6. The molecule has 5 aliphatic heterocycles. The molecular formula is C48H68BrLiN8O5. The number of alkyl halides is 1. The molecule has 0 radical (unpaired) electrons. The average molecular weight is 924 g/mol. The van der Waals surface area contributed by atoms with E-state index in [0.717, 1.165) is 88.2 Å². The number of β-amino-alcohol motifs (C(OH)–C–C–N with tert-alkyl or cyclic N) is 2. The van der Waals surface area contributed by atoms with Crippen LogP contribution in [0.1, 0.15) is 89.9 Å². The molecule has 4 aromatic rings. The number of halogens is 1. The maximum Gasteiger partial charge on any atom is 1.00 e. The number of rotatable bonds is 8. The summed E-state index contributed by atoms with van der Waals surface area (Å²) in [6.07, 6.45) is 13.6. The second-order valence-electron chi connectivity index (χ2n) is 15.7. The first-order valence-corrected chi connectivity index (χ1v) is 23.2. The Bertz CT molecular complexity index is 1780. The summed E-state index contributed by atoms with van der Waals surface area (Å²) in [4.78, 5) is 44.0. The third-order valence-electron chi connectivity index (χ3n) is 11.2. The van der Waals surface area contributed by atoms with E-state index in [4.69, 9.17) is 10.5 Å². The van der Waals surface area contributed by atoms with Crippen LogP contribution >= 0.6 is 15.9 Å². The van der Waals surface area contributed by atoms with E-state index in [1.165, 1.54) is 17.9 Å². The van der Waals surface area contributed by atoms with Gasteiger partial charge in [-0.2, -0.15) is 18.2 Å². The number of carbonyl (C=O) groups excluding carboxylic acids is 2. The molecule has 4 saturated heterocycles. The number of amides is 2. The normalized spacial score (nSPS) is 23.7. The molecule has 0 saturated carbocycles. The molecule has 4 fully saturated rings. The Labute approximate surface area is 396 Å². The van der Waals surface area contributed by atoms with Gasteiger partial charge in [-0.1, -0.05) is 66.4 Å². The number of nitrogens with two attached hydrogens (primary N) is 1. The fraction of sp³-hybridized carbons (Fsp3) is 0.521. The van der Waals surface area contributed by atoms with Gasteiger partial charge in [-0.25, -0.2) is 0 Å². The molecule has 8 heterocycles. The summed E-state index contributed by atoms with van der Waals surface area (Å²) in [6.45, 7) is 12.1. The molecule has 13 nitrogen and oxygen atoms in total. The van der Waals surface area contributed by atoms with Crippen molar-refractivity contribution in [1.29, 1.82) is 0 Å². The van der Waals surface area contributed by atoms with Crippen molar-refractivity contribution in [1.82, 2.24) is 34.6 Å². The van der Waals surface area contributed by atoms with Gasteiger partial charge >= 0.3 is 18.9 Å². The van der Waals surface area contributed by atoms with Gasteiger partial charge in [-0.15, -0.1) is 0 Å².